The monoisotopic (exact) mass is 417 g/mol. The van der Waals surface area contributed by atoms with Crippen LogP contribution in [0.1, 0.15) is 26.7 Å². The van der Waals surface area contributed by atoms with E-state index < -0.39 is 11.9 Å². The maximum Gasteiger partial charge on any atom is 0.321 e. The van der Waals surface area contributed by atoms with Crippen LogP contribution in [-0.2, 0) is 11.3 Å². The second-order valence-corrected chi connectivity index (χ2v) is 7.92. The number of urea groups is 1. The molecule has 1 heterocycles. The van der Waals surface area contributed by atoms with E-state index >= 15 is 0 Å². The first-order valence-electron chi connectivity index (χ1n) is 9.96. The summed E-state index contributed by atoms with van der Waals surface area (Å²) in [4.78, 5) is 43.7. The van der Waals surface area contributed by atoms with Crippen molar-refractivity contribution < 1.29 is 9.59 Å². The zero-order chi connectivity index (χ0) is 20.8. The van der Waals surface area contributed by atoms with E-state index in [1.807, 2.05) is 12.1 Å². The van der Waals surface area contributed by atoms with Gasteiger partial charge in [0.1, 0.15) is 0 Å². The summed E-state index contributed by atoms with van der Waals surface area (Å²) in [5.74, 6) is -0.403. The van der Waals surface area contributed by atoms with Gasteiger partial charge in [-0.05, 0) is 38.1 Å². The van der Waals surface area contributed by atoms with Gasteiger partial charge in [-0.2, -0.15) is 0 Å². The molecule has 0 saturated heterocycles. The molecule has 1 aliphatic rings. The van der Waals surface area contributed by atoms with Gasteiger partial charge in [0, 0.05) is 19.1 Å². The molecule has 3 rings (SSSR count). The first-order valence-corrected chi connectivity index (χ1v) is 11.0. The number of benzene rings is 1. The average Bonchev–Trinajstić information content (AvgIpc) is 3.52. The van der Waals surface area contributed by atoms with Crippen LogP contribution in [0.25, 0.3) is 10.9 Å². The van der Waals surface area contributed by atoms with Crippen LogP contribution >= 0.6 is 11.8 Å². The third-order valence-corrected chi connectivity index (χ3v) is 5.84. The smallest absolute Gasteiger partial charge is 0.321 e. The standard InChI is InChI=1S/C20H27N5O3S/c1-3-24(4-2)11-12-25-18(27)15-7-5-6-8-16(15)22-20(25)29-13-17(26)23-19(28)21-14-9-10-14/h5-8,14H,3-4,9-13H2,1-2H3,(H2,21,23,26,28). The Balaban J connectivity index is 1.75. The van der Waals surface area contributed by atoms with Crippen molar-refractivity contribution in [3.05, 3.63) is 34.6 Å². The molecule has 0 unspecified atom stereocenters. The molecule has 2 aromatic rings. The normalized spacial score (nSPS) is 13.6. The summed E-state index contributed by atoms with van der Waals surface area (Å²) in [6.45, 7) is 7.16. The minimum atomic E-state index is -0.469. The van der Waals surface area contributed by atoms with E-state index in [0.717, 1.165) is 32.5 Å². The molecule has 0 spiro atoms. The number of para-hydroxylation sites is 1. The molecule has 1 aromatic carbocycles. The topological polar surface area (TPSA) is 96.3 Å². The number of carbonyl (C=O) groups is 2. The van der Waals surface area contributed by atoms with Crippen molar-refractivity contribution in [2.24, 2.45) is 0 Å². The number of fused-ring (bicyclic) bond motifs is 1. The van der Waals surface area contributed by atoms with E-state index in [-0.39, 0.29) is 17.4 Å². The SMILES string of the molecule is CCN(CC)CCn1c(SCC(=O)NC(=O)NC2CC2)nc2ccccc2c1=O. The lowest BCUT2D eigenvalue weighted by Crippen LogP contribution is -2.41. The van der Waals surface area contributed by atoms with Crippen LogP contribution in [0.3, 0.4) is 0 Å². The number of nitrogens with one attached hydrogen (secondary N) is 2. The summed E-state index contributed by atoms with van der Waals surface area (Å²) in [5, 5.41) is 6.09. The Kier molecular flexibility index (Phi) is 7.27. The maximum absolute atomic E-state index is 13.0. The number of likely N-dealkylation sites (N-methyl/N-ethyl adjacent to an activating group) is 1. The van der Waals surface area contributed by atoms with Gasteiger partial charge < -0.3 is 10.2 Å². The fraction of sp³-hybridized carbons (Fsp3) is 0.500. The average molecular weight is 418 g/mol. The molecule has 9 heteroatoms. The van der Waals surface area contributed by atoms with Crippen LogP contribution in [0.4, 0.5) is 4.79 Å². The van der Waals surface area contributed by atoms with Crippen molar-refractivity contribution in [1.82, 2.24) is 25.1 Å². The highest BCUT2D eigenvalue weighted by atomic mass is 32.2. The van der Waals surface area contributed by atoms with Crippen molar-refractivity contribution in [2.75, 3.05) is 25.4 Å². The summed E-state index contributed by atoms with van der Waals surface area (Å²) in [7, 11) is 0. The summed E-state index contributed by atoms with van der Waals surface area (Å²) in [6, 6.07) is 6.92. The Hall–Kier alpha value is -2.39. The Labute approximate surface area is 174 Å². The Morgan fingerprint density at radius 2 is 1.97 bits per heavy atom. The van der Waals surface area contributed by atoms with Crippen LogP contribution < -0.4 is 16.2 Å². The van der Waals surface area contributed by atoms with Gasteiger partial charge in [-0.1, -0.05) is 37.7 Å². The van der Waals surface area contributed by atoms with Gasteiger partial charge in [0.25, 0.3) is 5.56 Å². The summed E-state index contributed by atoms with van der Waals surface area (Å²) < 4.78 is 1.63. The summed E-state index contributed by atoms with van der Waals surface area (Å²) in [6.07, 6.45) is 1.91. The van der Waals surface area contributed by atoms with Gasteiger partial charge in [-0.3, -0.25) is 19.5 Å². The molecule has 2 N–H and O–H groups in total. The minimum Gasteiger partial charge on any atom is -0.335 e. The van der Waals surface area contributed by atoms with Crippen LogP contribution in [0.15, 0.2) is 34.2 Å². The lowest BCUT2D eigenvalue weighted by Gasteiger charge is -2.20. The predicted octanol–water partition coefficient (Wildman–Crippen LogP) is 1.82. The molecule has 3 amide bonds. The van der Waals surface area contributed by atoms with E-state index in [9.17, 15) is 14.4 Å². The zero-order valence-electron chi connectivity index (χ0n) is 16.8. The van der Waals surface area contributed by atoms with E-state index in [0.29, 0.717) is 22.6 Å². The van der Waals surface area contributed by atoms with E-state index in [4.69, 9.17) is 0 Å². The Morgan fingerprint density at radius 3 is 2.66 bits per heavy atom. The van der Waals surface area contributed by atoms with E-state index in [2.05, 4.69) is 34.4 Å². The second-order valence-electron chi connectivity index (χ2n) is 6.98. The number of imide groups is 1. The zero-order valence-corrected chi connectivity index (χ0v) is 17.6. The van der Waals surface area contributed by atoms with Gasteiger partial charge in [-0.15, -0.1) is 0 Å². The number of hydrogen-bond acceptors (Lipinski definition) is 6. The first-order chi connectivity index (χ1) is 14.0. The number of aromatic nitrogens is 2. The lowest BCUT2D eigenvalue weighted by molar-refractivity contribution is -0.117. The first kappa shape index (κ1) is 21.3. The number of hydrogen-bond donors (Lipinski definition) is 2. The largest absolute Gasteiger partial charge is 0.335 e. The molecule has 0 atom stereocenters. The molecular formula is C20H27N5O3S. The van der Waals surface area contributed by atoms with Crippen LogP contribution in [0, 0.1) is 0 Å². The third kappa shape index (κ3) is 5.80. The van der Waals surface area contributed by atoms with Crippen molar-refractivity contribution in [3.8, 4) is 0 Å². The Bertz CT molecular complexity index is 937. The van der Waals surface area contributed by atoms with Gasteiger partial charge in [-0.25, -0.2) is 9.78 Å². The van der Waals surface area contributed by atoms with E-state index in [1.165, 1.54) is 11.8 Å². The predicted molar refractivity (Wildman–Crippen MR) is 114 cm³/mol. The van der Waals surface area contributed by atoms with Crippen molar-refractivity contribution in [2.45, 2.75) is 44.4 Å². The molecule has 1 saturated carbocycles. The molecule has 0 bridgehead atoms. The quantitative estimate of drug-likeness (QED) is 0.477. The lowest BCUT2D eigenvalue weighted by atomic mass is 10.2. The molecule has 8 nitrogen and oxygen atoms in total. The minimum absolute atomic E-state index is 0.00807. The highest BCUT2D eigenvalue weighted by molar-refractivity contribution is 7.99. The highest BCUT2D eigenvalue weighted by Crippen LogP contribution is 2.19. The fourth-order valence-electron chi connectivity index (χ4n) is 2.98. The second kappa shape index (κ2) is 9.89. The van der Waals surface area contributed by atoms with Gasteiger partial charge in [0.05, 0.1) is 16.7 Å². The van der Waals surface area contributed by atoms with E-state index in [1.54, 1.807) is 16.7 Å². The number of nitrogens with zero attached hydrogens (tertiary/aromatic N) is 3. The van der Waals surface area contributed by atoms with Gasteiger partial charge in [0.15, 0.2) is 5.16 Å². The molecular weight excluding hydrogens is 390 g/mol. The maximum atomic E-state index is 13.0. The van der Waals surface area contributed by atoms with Gasteiger partial charge in [0.2, 0.25) is 5.91 Å². The molecule has 29 heavy (non-hydrogen) atoms. The number of carbonyl (C=O) groups excluding carboxylic acids is 2. The molecule has 0 radical (unpaired) electrons. The number of rotatable bonds is 9. The molecule has 0 aliphatic heterocycles. The number of amides is 3. The highest BCUT2D eigenvalue weighted by Gasteiger charge is 2.24. The van der Waals surface area contributed by atoms with Crippen LogP contribution in [-0.4, -0.2) is 57.8 Å². The van der Waals surface area contributed by atoms with Crippen LogP contribution in [0.2, 0.25) is 0 Å². The Morgan fingerprint density at radius 1 is 1.24 bits per heavy atom. The molecule has 1 aliphatic carbocycles. The van der Waals surface area contributed by atoms with Crippen molar-refractivity contribution in [3.63, 3.8) is 0 Å². The third-order valence-electron chi connectivity index (χ3n) is 4.86. The number of thioether (sulfide) groups is 1. The molecule has 156 valence electrons. The summed E-state index contributed by atoms with van der Waals surface area (Å²) >= 11 is 1.17. The summed E-state index contributed by atoms with van der Waals surface area (Å²) in [5.41, 5.74) is 0.489. The van der Waals surface area contributed by atoms with Crippen molar-refractivity contribution in [1.29, 1.82) is 0 Å². The fourth-order valence-corrected chi connectivity index (χ4v) is 3.80. The molecule has 1 fully saturated rings. The van der Waals surface area contributed by atoms with Crippen LogP contribution in [0.5, 0.6) is 0 Å². The van der Waals surface area contributed by atoms with Gasteiger partial charge >= 0.3 is 6.03 Å². The molecule has 1 aromatic heterocycles. The van der Waals surface area contributed by atoms with Crippen molar-refractivity contribution >= 4 is 34.6 Å².